The Morgan fingerprint density at radius 2 is 1.89 bits per heavy atom. The van der Waals surface area contributed by atoms with E-state index in [0.717, 1.165) is 36.8 Å². The van der Waals surface area contributed by atoms with Gasteiger partial charge in [-0.05, 0) is 37.1 Å². The van der Waals surface area contributed by atoms with Crippen molar-refractivity contribution in [3.63, 3.8) is 0 Å². The van der Waals surface area contributed by atoms with E-state index in [0.29, 0.717) is 23.3 Å². The first-order valence-corrected chi connectivity index (χ1v) is 9.51. The van der Waals surface area contributed by atoms with Gasteiger partial charge in [0.1, 0.15) is 11.2 Å². The highest BCUT2D eigenvalue weighted by atomic mass is 16.1. The molecule has 5 heteroatoms. The van der Waals surface area contributed by atoms with Gasteiger partial charge in [0.2, 0.25) is 0 Å². The molecule has 3 heterocycles. The Kier molecular flexibility index (Phi) is 4.88. The van der Waals surface area contributed by atoms with Gasteiger partial charge in [-0.2, -0.15) is 5.26 Å². The molecule has 1 fully saturated rings. The molecule has 5 nitrogen and oxygen atoms in total. The van der Waals surface area contributed by atoms with Crippen molar-refractivity contribution in [3.05, 3.63) is 69.1 Å². The van der Waals surface area contributed by atoms with Gasteiger partial charge in [-0.1, -0.05) is 37.1 Å². The Labute approximate surface area is 158 Å². The van der Waals surface area contributed by atoms with Crippen LogP contribution >= 0.6 is 0 Å². The molecule has 1 saturated heterocycles. The summed E-state index contributed by atoms with van der Waals surface area (Å²) in [6.45, 7) is 2.34. The fourth-order valence-corrected chi connectivity index (χ4v) is 3.76. The van der Waals surface area contributed by atoms with E-state index in [1.54, 1.807) is 16.7 Å². The molecule has 0 bridgehead atoms. The number of hydrogen-bond donors (Lipinski definition) is 0. The molecule has 1 aromatic carbocycles. The summed E-state index contributed by atoms with van der Waals surface area (Å²) in [5, 5.41) is 10.2. The number of hydrogen-bond acceptors (Lipinski definition) is 4. The van der Waals surface area contributed by atoms with Crippen molar-refractivity contribution in [3.8, 4) is 11.8 Å². The number of nitrogens with zero attached hydrogens (tertiary/aromatic N) is 4. The van der Waals surface area contributed by atoms with E-state index in [2.05, 4.69) is 16.0 Å². The monoisotopic (exact) mass is 358 g/mol. The average Bonchev–Trinajstić information content (AvgIpc) is 3.10. The summed E-state index contributed by atoms with van der Waals surface area (Å²) < 4.78 is 1.67. The van der Waals surface area contributed by atoms with Gasteiger partial charge in [-0.25, -0.2) is 0 Å². The van der Waals surface area contributed by atoms with Crippen molar-refractivity contribution in [2.45, 2.75) is 25.7 Å². The lowest BCUT2D eigenvalue weighted by molar-refractivity contribution is 0.726. The summed E-state index contributed by atoms with van der Waals surface area (Å²) in [4.78, 5) is 20.3. The lowest BCUT2D eigenvalue weighted by Crippen LogP contribution is -2.45. The quantitative estimate of drug-likeness (QED) is 0.826. The molecule has 0 atom stereocenters. The molecule has 27 heavy (non-hydrogen) atoms. The summed E-state index contributed by atoms with van der Waals surface area (Å²) in [6.07, 6.45) is 10.6. The molecule has 0 saturated carbocycles. The van der Waals surface area contributed by atoms with Gasteiger partial charge < -0.3 is 4.90 Å². The molecule has 2 aliphatic heterocycles. The van der Waals surface area contributed by atoms with Crippen LogP contribution < -0.4 is 21.2 Å². The van der Waals surface area contributed by atoms with Crippen LogP contribution in [0.25, 0.3) is 11.8 Å². The first-order valence-electron chi connectivity index (χ1n) is 9.51. The fourth-order valence-electron chi connectivity index (χ4n) is 3.76. The fraction of sp³-hybridized carbons (Fsp3) is 0.318. The van der Waals surface area contributed by atoms with Crippen LogP contribution in [0.2, 0.25) is 0 Å². The standard InChI is InChI=1S/C22H22N4O/c23-16-17-8-7-10-19(14-17)26-21-18(9-3-4-11-24-21)15-20(22(26)27)25-12-5-1-2-6-13-25/h3-4,7-10,14-15H,1-2,5-6,11-13H2. The SMILES string of the molecule is N#Cc1cccc(-n2c(=O)c(N3CCCCCC3)cc3c2=NCC=CC=3)c1. The van der Waals surface area contributed by atoms with Gasteiger partial charge in [-0.3, -0.25) is 14.4 Å². The summed E-state index contributed by atoms with van der Waals surface area (Å²) in [6, 6.07) is 11.3. The van der Waals surface area contributed by atoms with E-state index in [-0.39, 0.29) is 5.56 Å². The van der Waals surface area contributed by atoms with Crippen molar-refractivity contribution in [2.24, 2.45) is 4.99 Å². The number of fused-ring (bicyclic) bond motifs is 1. The number of benzene rings is 1. The summed E-state index contributed by atoms with van der Waals surface area (Å²) in [5.74, 6) is 0. The molecule has 2 aromatic rings. The van der Waals surface area contributed by atoms with Crippen LogP contribution in [-0.4, -0.2) is 24.2 Å². The highest BCUT2D eigenvalue weighted by Crippen LogP contribution is 2.15. The predicted molar refractivity (Wildman–Crippen MR) is 107 cm³/mol. The molecule has 0 N–H and O–H groups in total. The Balaban J connectivity index is 2.00. The third kappa shape index (κ3) is 3.43. The zero-order valence-corrected chi connectivity index (χ0v) is 15.3. The molecular formula is C22H22N4O. The van der Waals surface area contributed by atoms with E-state index in [4.69, 9.17) is 0 Å². The first kappa shape index (κ1) is 17.3. The van der Waals surface area contributed by atoms with Crippen LogP contribution in [0.5, 0.6) is 0 Å². The van der Waals surface area contributed by atoms with Crippen molar-refractivity contribution in [2.75, 3.05) is 24.5 Å². The number of aromatic nitrogens is 1. The van der Waals surface area contributed by atoms with Crippen LogP contribution in [0.1, 0.15) is 31.2 Å². The number of anilines is 1. The Hall–Kier alpha value is -3.13. The van der Waals surface area contributed by atoms with Crippen molar-refractivity contribution in [1.82, 2.24) is 4.57 Å². The molecule has 136 valence electrons. The largest absolute Gasteiger partial charge is 0.367 e. The van der Waals surface area contributed by atoms with E-state index >= 15 is 0 Å². The molecule has 4 rings (SSSR count). The third-order valence-corrected chi connectivity index (χ3v) is 5.12. The van der Waals surface area contributed by atoms with E-state index in [1.807, 2.05) is 36.4 Å². The molecule has 0 unspecified atom stereocenters. The zero-order valence-electron chi connectivity index (χ0n) is 15.3. The van der Waals surface area contributed by atoms with Crippen LogP contribution in [0.15, 0.2) is 52.3 Å². The smallest absolute Gasteiger partial charge is 0.280 e. The zero-order chi connectivity index (χ0) is 18.6. The maximum atomic E-state index is 13.5. The van der Waals surface area contributed by atoms with Crippen molar-refractivity contribution < 1.29 is 0 Å². The van der Waals surface area contributed by atoms with Crippen molar-refractivity contribution >= 4 is 11.8 Å². The second-order valence-corrected chi connectivity index (χ2v) is 6.95. The molecule has 0 amide bonds. The van der Waals surface area contributed by atoms with Crippen LogP contribution in [0.4, 0.5) is 5.69 Å². The second-order valence-electron chi connectivity index (χ2n) is 6.95. The summed E-state index contributed by atoms with van der Waals surface area (Å²) >= 11 is 0. The second kappa shape index (κ2) is 7.63. The maximum absolute atomic E-state index is 13.5. The molecule has 0 spiro atoms. The van der Waals surface area contributed by atoms with E-state index in [1.165, 1.54) is 12.8 Å². The Morgan fingerprint density at radius 1 is 1.07 bits per heavy atom. The third-order valence-electron chi connectivity index (χ3n) is 5.12. The first-order chi connectivity index (χ1) is 13.3. The lowest BCUT2D eigenvalue weighted by atomic mass is 10.2. The maximum Gasteiger partial charge on any atom is 0.280 e. The summed E-state index contributed by atoms with van der Waals surface area (Å²) in [7, 11) is 0. The minimum absolute atomic E-state index is 0.0650. The molecular weight excluding hydrogens is 336 g/mol. The highest BCUT2D eigenvalue weighted by Gasteiger charge is 2.17. The minimum Gasteiger partial charge on any atom is -0.367 e. The highest BCUT2D eigenvalue weighted by molar-refractivity contribution is 5.51. The van der Waals surface area contributed by atoms with Gasteiger partial charge in [0.25, 0.3) is 5.56 Å². The number of nitriles is 1. The van der Waals surface area contributed by atoms with Gasteiger partial charge in [0.15, 0.2) is 0 Å². The molecule has 1 aromatic heterocycles. The molecule has 0 aliphatic carbocycles. The Morgan fingerprint density at radius 3 is 2.67 bits per heavy atom. The molecule has 2 aliphatic rings. The Bertz CT molecular complexity index is 1100. The van der Waals surface area contributed by atoms with Crippen LogP contribution in [-0.2, 0) is 0 Å². The normalized spacial score (nSPS) is 16.3. The number of rotatable bonds is 2. The predicted octanol–water partition coefficient (Wildman–Crippen LogP) is 2.06. The van der Waals surface area contributed by atoms with E-state index < -0.39 is 0 Å². The number of allylic oxidation sites excluding steroid dienone is 1. The van der Waals surface area contributed by atoms with Gasteiger partial charge >= 0.3 is 0 Å². The van der Waals surface area contributed by atoms with Crippen LogP contribution in [0, 0.1) is 11.3 Å². The average molecular weight is 358 g/mol. The number of pyridine rings is 1. The molecule has 0 radical (unpaired) electrons. The van der Waals surface area contributed by atoms with Gasteiger partial charge in [-0.15, -0.1) is 0 Å². The van der Waals surface area contributed by atoms with E-state index in [9.17, 15) is 10.1 Å². The van der Waals surface area contributed by atoms with Crippen LogP contribution in [0.3, 0.4) is 0 Å². The van der Waals surface area contributed by atoms with Gasteiger partial charge in [0, 0.05) is 18.3 Å². The van der Waals surface area contributed by atoms with Crippen molar-refractivity contribution in [1.29, 1.82) is 5.26 Å². The van der Waals surface area contributed by atoms with Gasteiger partial charge in [0.05, 0.1) is 23.9 Å². The topological polar surface area (TPSA) is 61.4 Å². The minimum atomic E-state index is -0.0650. The summed E-state index contributed by atoms with van der Waals surface area (Å²) in [5.41, 5.74) is 2.53. The lowest BCUT2D eigenvalue weighted by Gasteiger charge is -2.23.